The molecule has 9 heteroatoms. The lowest BCUT2D eigenvalue weighted by atomic mass is 10.4. The Kier molecular flexibility index (Phi) is 4.20. The van der Waals surface area contributed by atoms with Gasteiger partial charge in [-0.3, -0.25) is 10.1 Å². The van der Waals surface area contributed by atoms with Crippen molar-refractivity contribution in [1.82, 2.24) is 29.5 Å². The van der Waals surface area contributed by atoms with Crippen LogP contribution in [0.15, 0.2) is 23.5 Å². The minimum atomic E-state index is -0.208. The SMILES string of the molecule is Cc1ccnc(NC(=O)CSc2nc3nc(C)cc(C)n3n2)n1. The summed E-state index contributed by atoms with van der Waals surface area (Å²) in [5.74, 6) is 0.797. The summed E-state index contributed by atoms with van der Waals surface area (Å²) in [6, 6.07) is 3.69. The molecule has 3 aromatic rings. The van der Waals surface area contributed by atoms with Gasteiger partial charge in [0.1, 0.15) is 0 Å². The predicted molar refractivity (Wildman–Crippen MR) is 86.4 cm³/mol. The average Bonchev–Trinajstić information content (AvgIpc) is 2.88. The molecule has 0 fully saturated rings. The molecule has 1 amide bonds. The monoisotopic (exact) mass is 329 g/mol. The zero-order chi connectivity index (χ0) is 16.4. The van der Waals surface area contributed by atoms with Gasteiger partial charge in [0.05, 0.1) is 5.75 Å². The van der Waals surface area contributed by atoms with Gasteiger partial charge in [0.15, 0.2) is 0 Å². The van der Waals surface area contributed by atoms with E-state index >= 15 is 0 Å². The molecule has 0 radical (unpaired) electrons. The molecule has 3 aromatic heterocycles. The molecule has 3 heterocycles. The Morgan fingerprint density at radius 3 is 2.83 bits per heavy atom. The number of nitrogens with one attached hydrogen (secondary N) is 1. The van der Waals surface area contributed by atoms with Gasteiger partial charge < -0.3 is 0 Å². The van der Waals surface area contributed by atoms with Crippen molar-refractivity contribution in [2.75, 3.05) is 11.1 Å². The number of anilines is 1. The fourth-order valence-corrected chi connectivity index (χ4v) is 2.63. The third-order valence-electron chi connectivity index (χ3n) is 2.98. The molecule has 0 aromatic carbocycles. The molecule has 118 valence electrons. The molecule has 0 saturated heterocycles. The summed E-state index contributed by atoms with van der Waals surface area (Å²) in [6.45, 7) is 5.68. The molecule has 0 saturated carbocycles. The molecule has 0 atom stereocenters. The fraction of sp³-hybridized carbons (Fsp3) is 0.286. The van der Waals surface area contributed by atoms with Crippen LogP contribution in [0.1, 0.15) is 17.1 Å². The minimum absolute atomic E-state index is 0.173. The van der Waals surface area contributed by atoms with Crippen molar-refractivity contribution in [1.29, 1.82) is 0 Å². The summed E-state index contributed by atoms with van der Waals surface area (Å²) in [4.78, 5) is 28.7. The highest BCUT2D eigenvalue weighted by Gasteiger charge is 2.11. The van der Waals surface area contributed by atoms with E-state index in [1.807, 2.05) is 26.8 Å². The number of carbonyl (C=O) groups is 1. The molecular formula is C14H15N7OS. The maximum absolute atomic E-state index is 11.9. The normalized spacial score (nSPS) is 10.9. The minimum Gasteiger partial charge on any atom is -0.294 e. The molecule has 0 spiro atoms. The molecule has 3 rings (SSSR count). The summed E-state index contributed by atoms with van der Waals surface area (Å²) >= 11 is 1.24. The molecular weight excluding hydrogens is 314 g/mol. The number of aromatic nitrogens is 6. The van der Waals surface area contributed by atoms with E-state index in [2.05, 4.69) is 30.4 Å². The molecule has 0 unspecified atom stereocenters. The van der Waals surface area contributed by atoms with Crippen molar-refractivity contribution >= 4 is 29.4 Å². The Morgan fingerprint density at radius 1 is 1.22 bits per heavy atom. The number of nitrogens with zero attached hydrogens (tertiary/aromatic N) is 6. The fourth-order valence-electron chi connectivity index (χ4n) is 2.01. The van der Waals surface area contributed by atoms with Crippen molar-refractivity contribution in [3.63, 3.8) is 0 Å². The largest absolute Gasteiger partial charge is 0.294 e. The Balaban J connectivity index is 1.66. The lowest BCUT2D eigenvalue weighted by Crippen LogP contribution is -2.16. The first-order valence-electron chi connectivity index (χ1n) is 6.94. The first-order chi connectivity index (χ1) is 11.0. The van der Waals surface area contributed by atoms with Gasteiger partial charge in [-0.1, -0.05) is 11.8 Å². The van der Waals surface area contributed by atoms with E-state index < -0.39 is 0 Å². The smallest absolute Gasteiger partial charge is 0.253 e. The van der Waals surface area contributed by atoms with Gasteiger partial charge in [-0.25, -0.2) is 19.5 Å². The van der Waals surface area contributed by atoms with Crippen LogP contribution >= 0.6 is 11.8 Å². The quantitative estimate of drug-likeness (QED) is 0.725. The number of aryl methyl sites for hydroxylation is 3. The molecule has 8 nitrogen and oxygen atoms in total. The molecule has 23 heavy (non-hydrogen) atoms. The summed E-state index contributed by atoms with van der Waals surface area (Å²) in [5, 5.41) is 7.49. The zero-order valence-corrected chi connectivity index (χ0v) is 13.8. The number of hydrogen-bond donors (Lipinski definition) is 1. The first-order valence-corrected chi connectivity index (χ1v) is 7.93. The second kappa shape index (κ2) is 6.29. The average molecular weight is 329 g/mol. The summed E-state index contributed by atoms with van der Waals surface area (Å²) < 4.78 is 1.66. The molecule has 0 aliphatic carbocycles. The first kappa shape index (κ1) is 15.3. The Morgan fingerprint density at radius 2 is 2.04 bits per heavy atom. The van der Waals surface area contributed by atoms with Gasteiger partial charge in [-0.2, -0.15) is 4.98 Å². The third kappa shape index (κ3) is 3.62. The van der Waals surface area contributed by atoms with Gasteiger partial charge in [0.25, 0.3) is 5.78 Å². The summed E-state index contributed by atoms with van der Waals surface area (Å²) in [5.41, 5.74) is 2.62. The maximum atomic E-state index is 11.9. The van der Waals surface area contributed by atoms with Crippen LogP contribution in [0.25, 0.3) is 5.78 Å². The van der Waals surface area contributed by atoms with E-state index in [1.54, 1.807) is 16.8 Å². The van der Waals surface area contributed by atoms with Crippen LogP contribution in [0, 0.1) is 20.8 Å². The molecule has 1 N–H and O–H groups in total. The Labute approximate surface area is 136 Å². The van der Waals surface area contributed by atoms with Crippen LogP contribution < -0.4 is 5.32 Å². The van der Waals surface area contributed by atoms with Gasteiger partial charge in [-0.05, 0) is 32.9 Å². The molecule has 0 bridgehead atoms. The van der Waals surface area contributed by atoms with Gasteiger partial charge in [0, 0.05) is 23.3 Å². The van der Waals surface area contributed by atoms with Crippen molar-refractivity contribution < 1.29 is 4.79 Å². The number of carbonyl (C=O) groups excluding carboxylic acids is 1. The summed E-state index contributed by atoms with van der Waals surface area (Å²) in [6.07, 6.45) is 1.60. The van der Waals surface area contributed by atoms with Crippen LogP contribution in [-0.2, 0) is 4.79 Å². The number of rotatable bonds is 4. The Bertz CT molecular complexity index is 877. The second-order valence-corrected chi connectivity index (χ2v) is 5.95. The van der Waals surface area contributed by atoms with E-state index in [9.17, 15) is 4.79 Å². The number of hydrogen-bond acceptors (Lipinski definition) is 7. The van der Waals surface area contributed by atoms with Crippen LogP contribution in [-0.4, -0.2) is 41.2 Å². The van der Waals surface area contributed by atoms with Crippen LogP contribution in [0.5, 0.6) is 0 Å². The van der Waals surface area contributed by atoms with Crippen LogP contribution in [0.4, 0.5) is 5.95 Å². The van der Waals surface area contributed by atoms with E-state index in [0.29, 0.717) is 16.9 Å². The van der Waals surface area contributed by atoms with Crippen LogP contribution in [0.3, 0.4) is 0 Å². The van der Waals surface area contributed by atoms with Gasteiger partial charge >= 0.3 is 0 Å². The highest BCUT2D eigenvalue weighted by Crippen LogP contribution is 2.15. The van der Waals surface area contributed by atoms with E-state index in [1.165, 1.54) is 11.8 Å². The number of amides is 1. The Hall–Kier alpha value is -2.55. The van der Waals surface area contributed by atoms with E-state index in [0.717, 1.165) is 17.1 Å². The van der Waals surface area contributed by atoms with Crippen molar-refractivity contribution in [3.8, 4) is 0 Å². The lowest BCUT2D eigenvalue weighted by Gasteiger charge is -2.02. The highest BCUT2D eigenvalue weighted by molar-refractivity contribution is 7.99. The summed E-state index contributed by atoms with van der Waals surface area (Å²) in [7, 11) is 0. The van der Waals surface area contributed by atoms with Gasteiger partial charge in [0.2, 0.25) is 17.0 Å². The van der Waals surface area contributed by atoms with E-state index in [-0.39, 0.29) is 11.7 Å². The molecule has 0 aliphatic heterocycles. The van der Waals surface area contributed by atoms with Crippen LogP contribution in [0.2, 0.25) is 0 Å². The number of thioether (sulfide) groups is 1. The number of fused-ring (bicyclic) bond motifs is 1. The maximum Gasteiger partial charge on any atom is 0.253 e. The van der Waals surface area contributed by atoms with Crippen molar-refractivity contribution in [3.05, 3.63) is 35.4 Å². The van der Waals surface area contributed by atoms with Crippen molar-refractivity contribution in [2.24, 2.45) is 0 Å². The second-order valence-electron chi connectivity index (χ2n) is 5.00. The topological polar surface area (TPSA) is 98.0 Å². The van der Waals surface area contributed by atoms with Crippen molar-refractivity contribution in [2.45, 2.75) is 25.9 Å². The van der Waals surface area contributed by atoms with Gasteiger partial charge in [-0.15, -0.1) is 5.10 Å². The standard InChI is InChI=1S/C14H15N7OS/c1-8-4-5-15-12(16-8)18-11(22)7-23-14-19-13-17-9(2)6-10(3)21(13)20-14/h4-6H,7H2,1-3H3,(H,15,16,18,22). The predicted octanol–water partition coefficient (Wildman–Crippen LogP) is 1.57. The third-order valence-corrected chi connectivity index (χ3v) is 3.81. The molecule has 0 aliphatic rings. The lowest BCUT2D eigenvalue weighted by molar-refractivity contribution is -0.113. The zero-order valence-electron chi connectivity index (χ0n) is 12.9. The highest BCUT2D eigenvalue weighted by atomic mass is 32.2. The van der Waals surface area contributed by atoms with E-state index in [4.69, 9.17) is 0 Å².